The van der Waals surface area contributed by atoms with Crippen molar-refractivity contribution in [3.05, 3.63) is 6.07 Å². The third kappa shape index (κ3) is 2.10. The van der Waals surface area contributed by atoms with Crippen LogP contribution in [0.5, 0.6) is 51.7 Å². The Balaban J connectivity index is 2.60. The number of anilines is 1. The van der Waals surface area contributed by atoms with Crippen molar-refractivity contribution in [2.24, 2.45) is 0 Å². The molecule has 10 N–H and O–H groups in total. The number of phenols is 8. The minimum Gasteiger partial charge on any atom is -0.505 e. The zero-order valence-corrected chi connectivity index (χ0v) is 15.6. The van der Waals surface area contributed by atoms with Crippen molar-refractivity contribution in [1.82, 2.24) is 0 Å². The maximum absolute atomic E-state index is 10.6. The molecule has 4 aromatic rings. The largest absolute Gasteiger partial charge is 0.505 e. The van der Waals surface area contributed by atoms with Gasteiger partial charge in [0.1, 0.15) is 7.85 Å². The van der Waals surface area contributed by atoms with E-state index >= 15 is 0 Å². The number of nitrogens with two attached hydrogens (primary N) is 1. The highest BCUT2D eigenvalue weighted by Crippen LogP contribution is 2.57. The molecule has 10 nitrogen and oxygen atoms in total. The van der Waals surface area contributed by atoms with Crippen molar-refractivity contribution < 1.29 is 45.0 Å². The lowest BCUT2D eigenvalue weighted by atomic mass is 9.82. The van der Waals surface area contributed by atoms with Gasteiger partial charge in [0.05, 0.1) is 5.69 Å². The fourth-order valence-corrected chi connectivity index (χ4v) is 3.85. The molecule has 4 rings (SSSR count). The van der Waals surface area contributed by atoms with Crippen LogP contribution in [0.25, 0.3) is 32.3 Å². The number of phenolic OH excluding ortho intramolecular Hbond substituents is 8. The molecule has 12 heteroatoms. The molecule has 0 saturated carbocycles. The smallest absolute Gasteiger partial charge is 0.205 e. The van der Waals surface area contributed by atoms with E-state index in [1.54, 1.807) is 0 Å². The average molecular weight is 429 g/mol. The van der Waals surface area contributed by atoms with Crippen molar-refractivity contribution in [1.29, 1.82) is 0 Å². The SMILES string of the molecule is [B]c1c(O)c(O)c(O)c2c3cc(O)c(O)c(O)c3c3c(N)c(OS)c(O)c(O)c3c12. The number of thiol groups is 1. The molecule has 0 unspecified atom stereocenters. The van der Waals surface area contributed by atoms with Crippen LogP contribution in [-0.4, -0.2) is 48.7 Å². The summed E-state index contributed by atoms with van der Waals surface area (Å²) in [6, 6.07) is 0.937. The van der Waals surface area contributed by atoms with Crippen LogP contribution in [0, 0.1) is 0 Å². The van der Waals surface area contributed by atoms with Gasteiger partial charge in [0.25, 0.3) is 0 Å². The first-order chi connectivity index (χ1) is 14.0. The number of benzene rings is 4. The highest BCUT2D eigenvalue weighted by Gasteiger charge is 2.29. The topological polar surface area (TPSA) is 197 Å². The third-order valence-corrected chi connectivity index (χ3v) is 5.20. The second kappa shape index (κ2) is 6.03. The summed E-state index contributed by atoms with van der Waals surface area (Å²) in [7, 11) is 5.92. The molecule has 0 aromatic heterocycles. The molecule has 0 bridgehead atoms. The van der Waals surface area contributed by atoms with Gasteiger partial charge in [-0.2, -0.15) is 0 Å². The molecule has 152 valence electrons. The Morgan fingerprint density at radius 3 is 1.80 bits per heavy atom. The number of aromatic hydroxyl groups is 8. The molecule has 0 fully saturated rings. The lowest BCUT2D eigenvalue weighted by Gasteiger charge is -2.20. The number of rotatable bonds is 1. The summed E-state index contributed by atoms with van der Waals surface area (Å²) in [5.41, 5.74) is 5.17. The van der Waals surface area contributed by atoms with Gasteiger partial charge in [-0.3, -0.25) is 0 Å². The van der Waals surface area contributed by atoms with E-state index in [4.69, 9.17) is 17.8 Å². The molecule has 2 radical (unpaired) electrons. The van der Waals surface area contributed by atoms with Crippen LogP contribution in [0.4, 0.5) is 5.69 Å². The Kier molecular flexibility index (Phi) is 3.90. The van der Waals surface area contributed by atoms with Gasteiger partial charge in [0, 0.05) is 39.8 Å². The minimum absolute atomic E-state index is 0.174. The Bertz CT molecular complexity index is 1440. The second-order valence-corrected chi connectivity index (χ2v) is 6.69. The van der Waals surface area contributed by atoms with E-state index in [0.29, 0.717) is 0 Å². The van der Waals surface area contributed by atoms with E-state index in [1.807, 2.05) is 0 Å². The molecule has 0 aliphatic heterocycles. The van der Waals surface area contributed by atoms with Gasteiger partial charge in [-0.1, -0.05) is 0 Å². The average Bonchev–Trinajstić information content (AvgIpc) is 2.71. The van der Waals surface area contributed by atoms with Crippen LogP contribution in [0.2, 0.25) is 0 Å². The normalized spacial score (nSPS) is 11.5. The highest BCUT2D eigenvalue weighted by atomic mass is 32.1. The first kappa shape index (κ1) is 19.4. The van der Waals surface area contributed by atoms with E-state index in [1.165, 1.54) is 0 Å². The predicted octanol–water partition coefficient (Wildman–Crippen LogP) is 1.39. The van der Waals surface area contributed by atoms with E-state index in [0.717, 1.165) is 6.07 Å². The monoisotopic (exact) mass is 429 g/mol. The quantitative estimate of drug-likeness (QED) is 0.0401. The van der Waals surface area contributed by atoms with Gasteiger partial charge in [0.15, 0.2) is 34.5 Å². The number of hydrogen-bond acceptors (Lipinski definition) is 11. The van der Waals surface area contributed by atoms with Gasteiger partial charge < -0.3 is 50.8 Å². The van der Waals surface area contributed by atoms with Crippen molar-refractivity contribution in [2.45, 2.75) is 0 Å². The molecular weight excluding hydrogens is 417 g/mol. The second-order valence-electron chi connectivity index (χ2n) is 6.51. The molecule has 0 amide bonds. The van der Waals surface area contributed by atoms with Gasteiger partial charge in [0.2, 0.25) is 17.2 Å². The fourth-order valence-electron chi connectivity index (χ4n) is 3.66. The van der Waals surface area contributed by atoms with Crippen molar-refractivity contribution in [3.8, 4) is 51.7 Å². The lowest BCUT2D eigenvalue weighted by molar-refractivity contribution is 0.371. The molecule has 30 heavy (non-hydrogen) atoms. The Morgan fingerprint density at radius 1 is 0.667 bits per heavy atom. The maximum atomic E-state index is 10.6. The molecule has 0 aliphatic rings. The van der Waals surface area contributed by atoms with Crippen molar-refractivity contribution in [3.63, 3.8) is 0 Å². The molecule has 0 heterocycles. The van der Waals surface area contributed by atoms with Gasteiger partial charge in [-0.15, -0.1) is 0 Å². The van der Waals surface area contributed by atoms with E-state index in [2.05, 4.69) is 12.9 Å². The van der Waals surface area contributed by atoms with Crippen LogP contribution < -0.4 is 15.4 Å². The standard InChI is InChI=1S/C18H12BNO9S/c19-9-6-4(13(24)16(27)15(9)26)2-1-3(21)11(22)12(23)5(2)7-8(6)14(25)17(28)18(29-30)10(7)20/h1,21-28,30H,20H2. The first-order valence-corrected chi connectivity index (χ1v) is 8.45. The zero-order chi connectivity index (χ0) is 22.2. The van der Waals surface area contributed by atoms with E-state index in [9.17, 15) is 40.9 Å². The molecule has 0 aliphatic carbocycles. The van der Waals surface area contributed by atoms with Crippen LogP contribution in [0.15, 0.2) is 6.07 Å². The third-order valence-electron chi connectivity index (χ3n) is 5.01. The minimum atomic E-state index is -1.01. The highest BCUT2D eigenvalue weighted by molar-refractivity contribution is 7.75. The van der Waals surface area contributed by atoms with Gasteiger partial charge in [-0.25, -0.2) is 0 Å². The van der Waals surface area contributed by atoms with Crippen LogP contribution in [0.1, 0.15) is 0 Å². The van der Waals surface area contributed by atoms with Crippen LogP contribution in [0.3, 0.4) is 0 Å². The van der Waals surface area contributed by atoms with Crippen molar-refractivity contribution in [2.75, 3.05) is 5.73 Å². The van der Waals surface area contributed by atoms with E-state index in [-0.39, 0.29) is 38.0 Å². The Labute approximate surface area is 173 Å². The van der Waals surface area contributed by atoms with Crippen LogP contribution in [-0.2, 0) is 0 Å². The number of nitrogen functional groups attached to an aromatic ring is 1. The molecule has 0 saturated heterocycles. The van der Waals surface area contributed by atoms with Crippen LogP contribution >= 0.6 is 12.9 Å². The Morgan fingerprint density at radius 2 is 1.20 bits per heavy atom. The summed E-state index contributed by atoms with van der Waals surface area (Å²) >= 11 is 3.58. The summed E-state index contributed by atoms with van der Waals surface area (Å²) in [4.78, 5) is 0. The summed E-state index contributed by atoms with van der Waals surface area (Å²) in [6.07, 6.45) is 0. The van der Waals surface area contributed by atoms with Gasteiger partial charge >= 0.3 is 0 Å². The fraction of sp³-hybridized carbons (Fsp3) is 0. The zero-order valence-electron chi connectivity index (χ0n) is 14.7. The Hall–Kier alpha value is -3.93. The molecule has 0 atom stereocenters. The lowest BCUT2D eigenvalue weighted by Crippen LogP contribution is -2.07. The summed E-state index contributed by atoms with van der Waals surface area (Å²) in [6.45, 7) is 0. The van der Waals surface area contributed by atoms with Crippen molar-refractivity contribution >= 4 is 64.2 Å². The number of fused-ring (bicyclic) bond motifs is 6. The molecule has 4 aromatic carbocycles. The molecular formula is C18H12BNO9S. The summed E-state index contributed by atoms with van der Waals surface area (Å²) in [5.74, 6) is -7.74. The van der Waals surface area contributed by atoms with Gasteiger partial charge in [-0.05, 0) is 16.9 Å². The molecule has 0 spiro atoms. The first-order valence-electron chi connectivity index (χ1n) is 8.08. The number of hydrogen-bond donors (Lipinski definition) is 10. The summed E-state index contributed by atoms with van der Waals surface area (Å²) in [5, 5.41) is 80.5. The van der Waals surface area contributed by atoms with E-state index < -0.39 is 57.2 Å². The maximum Gasteiger partial charge on any atom is 0.205 e. The summed E-state index contributed by atoms with van der Waals surface area (Å²) < 4.78 is 4.71. The predicted molar refractivity (Wildman–Crippen MR) is 112 cm³/mol.